The molecular weight excluding hydrogens is 266 g/mol. The van der Waals surface area contributed by atoms with Crippen molar-refractivity contribution in [2.45, 2.75) is 5.92 Å². The largest absolute Gasteiger partial charge is 0.287 e. The van der Waals surface area contributed by atoms with Crippen LogP contribution in [-0.4, -0.2) is 9.91 Å². The molecule has 1 aromatic carbocycles. The second-order valence-electron chi connectivity index (χ2n) is 3.78. The molecule has 0 radical (unpaired) electrons. The Kier molecular flexibility index (Phi) is 3.74. The molecule has 1 atom stereocenters. The van der Waals surface area contributed by atoms with Crippen molar-refractivity contribution in [1.29, 1.82) is 5.26 Å². The Labute approximate surface area is 114 Å². The highest BCUT2D eigenvalue weighted by Gasteiger charge is 2.18. The predicted molar refractivity (Wildman–Crippen MR) is 69.8 cm³/mol. The maximum atomic E-state index is 10.6. The zero-order valence-electron chi connectivity index (χ0n) is 9.65. The number of nitro groups is 1. The van der Waals surface area contributed by atoms with Crippen LogP contribution in [0, 0.1) is 21.4 Å². The van der Waals surface area contributed by atoms with Crippen molar-refractivity contribution in [2.24, 2.45) is 0 Å². The number of rotatable bonds is 3. The van der Waals surface area contributed by atoms with Crippen LogP contribution in [0.15, 0.2) is 42.6 Å². The molecular formula is C13H8ClN3O2. The summed E-state index contributed by atoms with van der Waals surface area (Å²) in [6, 6.07) is 11.9. The van der Waals surface area contributed by atoms with E-state index in [1.807, 2.05) is 0 Å². The Balaban J connectivity index is 2.41. The lowest BCUT2D eigenvalue weighted by atomic mass is 9.96. The summed E-state index contributed by atoms with van der Waals surface area (Å²) in [6.07, 6.45) is 1.14. The monoisotopic (exact) mass is 273 g/mol. The molecule has 1 aromatic heterocycles. The standard InChI is InChI=1S/C13H8ClN3O2/c14-12-4-2-1-3-10(12)11(7-15)13-6-5-9(8-16-13)17(18)19/h1-6,8,11H. The summed E-state index contributed by atoms with van der Waals surface area (Å²) in [6.45, 7) is 0. The first-order valence-corrected chi connectivity index (χ1v) is 5.75. The summed E-state index contributed by atoms with van der Waals surface area (Å²) in [7, 11) is 0. The fourth-order valence-corrected chi connectivity index (χ4v) is 1.93. The number of nitrogens with zero attached hydrogens (tertiary/aromatic N) is 3. The van der Waals surface area contributed by atoms with Gasteiger partial charge in [-0.05, 0) is 17.7 Å². The minimum Gasteiger partial charge on any atom is -0.258 e. The van der Waals surface area contributed by atoms with Crippen LogP contribution in [0.3, 0.4) is 0 Å². The van der Waals surface area contributed by atoms with Crippen LogP contribution >= 0.6 is 11.6 Å². The van der Waals surface area contributed by atoms with Gasteiger partial charge >= 0.3 is 0 Å². The molecule has 1 heterocycles. The van der Waals surface area contributed by atoms with Gasteiger partial charge in [-0.25, -0.2) is 0 Å². The third kappa shape index (κ3) is 2.69. The van der Waals surface area contributed by atoms with Gasteiger partial charge in [0.2, 0.25) is 0 Å². The van der Waals surface area contributed by atoms with Crippen molar-refractivity contribution in [3.05, 3.63) is 69.0 Å². The third-order valence-corrected chi connectivity index (χ3v) is 2.97. The number of hydrogen-bond acceptors (Lipinski definition) is 4. The first-order valence-electron chi connectivity index (χ1n) is 5.38. The van der Waals surface area contributed by atoms with E-state index in [0.717, 1.165) is 6.20 Å². The van der Waals surface area contributed by atoms with Crippen LogP contribution in [0.5, 0.6) is 0 Å². The van der Waals surface area contributed by atoms with Gasteiger partial charge in [-0.1, -0.05) is 29.8 Å². The molecule has 0 aliphatic rings. The average Bonchev–Trinajstić information content (AvgIpc) is 2.42. The van der Waals surface area contributed by atoms with Gasteiger partial charge in [0.25, 0.3) is 5.69 Å². The van der Waals surface area contributed by atoms with Crippen molar-refractivity contribution < 1.29 is 4.92 Å². The smallest absolute Gasteiger partial charge is 0.258 e. The van der Waals surface area contributed by atoms with E-state index in [2.05, 4.69) is 11.1 Å². The normalized spacial score (nSPS) is 11.6. The van der Waals surface area contributed by atoms with Crippen molar-refractivity contribution in [2.75, 3.05) is 0 Å². The maximum Gasteiger partial charge on any atom is 0.287 e. The number of nitriles is 1. The van der Waals surface area contributed by atoms with Gasteiger partial charge in [-0.2, -0.15) is 5.26 Å². The number of aromatic nitrogens is 1. The highest BCUT2D eigenvalue weighted by Crippen LogP contribution is 2.29. The van der Waals surface area contributed by atoms with E-state index in [4.69, 9.17) is 11.6 Å². The molecule has 2 rings (SSSR count). The quantitative estimate of drug-likeness (QED) is 0.635. The second-order valence-corrected chi connectivity index (χ2v) is 4.19. The molecule has 2 aromatic rings. The minimum atomic E-state index is -0.644. The molecule has 19 heavy (non-hydrogen) atoms. The Morgan fingerprint density at radius 2 is 2.05 bits per heavy atom. The first kappa shape index (κ1) is 13.0. The Morgan fingerprint density at radius 1 is 1.32 bits per heavy atom. The van der Waals surface area contributed by atoms with E-state index >= 15 is 0 Å². The van der Waals surface area contributed by atoms with Crippen LogP contribution in [0.2, 0.25) is 5.02 Å². The highest BCUT2D eigenvalue weighted by molar-refractivity contribution is 6.31. The molecule has 0 saturated carbocycles. The van der Waals surface area contributed by atoms with Gasteiger partial charge in [-0.3, -0.25) is 15.1 Å². The molecule has 0 aliphatic heterocycles. The van der Waals surface area contributed by atoms with Crippen LogP contribution in [0.1, 0.15) is 17.2 Å². The number of benzene rings is 1. The lowest BCUT2D eigenvalue weighted by Gasteiger charge is -2.10. The van der Waals surface area contributed by atoms with E-state index in [9.17, 15) is 15.4 Å². The molecule has 0 N–H and O–H groups in total. The zero-order valence-corrected chi connectivity index (χ0v) is 10.4. The highest BCUT2D eigenvalue weighted by atomic mass is 35.5. The SMILES string of the molecule is N#CC(c1ccc([N+](=O)[O-])cn1)c1ccccc1Cl. The molecule has 0 bridgehead atoms. The number of halogens is 1. The van der Waals surface area contributed by atoms with E-state index in [1.165, 1.54) is 12.1 Å². The van der Waals surface area contributed by atoms with E-state index in [0.29, 0.717) is 16.3 Å². The summed E-state index contributed by atoms with van der Waals surface area (Å²) in [4.78, 5) is 14.0. The van der Waals surface area contributed by atoms with Gasteiger partial charge in [0.1, 0.15) is 12.1 Å². The first-order chi connectivity index (χ1) is 9.13. The number of pyridine rings is 1. The molecule has 0 spiro atoms. The molecule has 0 saturated heterocycles. The van der Waals surface area contributed by atoms with Crippen LogP contribution in [0.4, 0.5) is 5.69 Å². The Hall–Kier alpha value is -2.45. The Morgan fingerprint density at radius 3 is 2.58 bits per heavy atom. The lowest BCUT2D eigenvalue weighted by molar-refractivity contribution is -0.385. The Bertz CT molecular complexity index is 650. The minimum absolute atomic E-state index is 0.111. The third-order valence-electron chi connectivity index (χ3n) is 2.62. The van der Waals surface area contributed by atoms with Crippen molar-refractivity contribution in [1.82, 2.24) is 4.98 Å². The van der Waals surface area contributed by atoms with Crippen molar-refractivity contribution in [3.63, 3.8) is 0 Å². The summed E-state index contributed by atoms with van der Waals surface area (Å²) < 4.78 is 0. The zero-order chi connectivity index (χ0) is 13.8. The van der Waals surface area contributed by atoms with E-state index < -0.39 is 10.8 Å². The van der Waals surface area contributed by atoms with Gasteiger partial charge in [0.05, 0.1) is 16.7 Å². The summed E-state index contributed by atoms with van der Waals surface area (Å²) in [5, 5.41) is 20.3. The number of hydrogen-bond donors (Lipinski definition) is 0. The van der Waals surface area contributed by atoms with Gasteiger partial charge < -0.3 is 0 Å². The maximum absolute atomic E-state index is 10.6. The fraction of sp³-hybridized carbons (Fsp3) is 0.0769. The molecule has 0 aliphatic carbocycles. The fourth-order valence-electron chi connectivity index (χ4n) is 1.68. The molecule has 6 heteroatoms. The van der Waals surface area contributed by atoms with Crippen molar-refractivity contribution >= 4 is 17.3 Å². The molecule has 0 fully saturated rings. The van der Waals surface area contributed by atoms with E-state index in [-0.39, 0.29) is 5.69 Å². The van der Waals surface area contributed by atoms with Crippen LogP contribution < -0.4 is 0 Å². The summed E-state index contributed by atoms with van der Waals surface area (Å²) >= 11 is 6.04. The molecule has 94 valence electrons. The second kappa shape index (κ2) is 5.46. The molecule has 5 nitrogen and oxygen atoms in total. The topological polar surface area (TPSA) is 79.8 Å². The lowest BCUT2D eigenvalue weighted by Crippen LogP contribution is -2.02. The molecule has 1 unspecified atom stereocenters. The van der Waals surface area contributed by atoms with Crippen molar-refractivity contribution in [3.8, 4) is 6.07 Å². The van der Waals surface area contributed by atoms with Crippen LogP contribution in [0.25, 0.3) is 0 Å². The predicted octanol–water partition coefficient (Wildman–Crippen LogP) is 3.30. The molecule has 0 amide bonds. The van der Waals surface area contributed by atoms with E-state index in [1.54, 1.807) is 24.3 Å². The van der Waals surface area contributed by atoms with Crippen LogP contribution in [-0.2, 0) is 0 Å². The average molecular weight is 274 g/mol. The van der Waals surface area contributed by atoms with Gasteiger partial charge in [0, 0.05) is 11.1 Å². The van der Waals surface area contributed by atoms with Gasteiger partial charge in [0.15, 0.2) is 0 Å². The van der Waals surface area contributed by atoms with Gasteiger partial charge in [-0.15, -0.1) is 0 Å². The summed E-state index contributed by atoms with van der Waals surface area (Å²) in [5.41, 5.74) is 0.953. The summed E-state index contributed by atoms with van der Waals surface area (Å²) in [5.74, 6) is -0.644.